The SMILES string of the molecule is Cc1cnn(CC(=O)[C@H]2CC[C@H]3[C@@H]4CC[C@H]5C[C@](C)(O)CC[C@]5(F)[C@H]4CC[C@]23C)c1. The van der Waals surface area contributed by atoms with Crippen LogP contribution >= 0.6 is 0 Å². The molecular formula is C25H37FN2O2. The largest absolute Gasteiger partial charge is 0.390 e. The van der Waals surface area contributed by atoms with Gasteiger partial charge in [-0.25, -0.2) is 4.39 Å². The van der Waals surface area contributed by atoms with E-state index >= 15 is 4.39 Å². The highest BCUT2D eigenvalue weighted by Gasteiger charge is 2.63. The third-order valence-corrected chi connectivity index (χ3v) is 9.78. The number of Topliss-reactive ketones (excluding diaryl/α,β-unsaturated/α-hetero) is 1. The standard InChI is InChI=1S/C25H37FN2O2/c1-16-13-27-28(14-16)15-22(29)21-7-6-19-18-5-4-17-12-23(2,30)10-11-25(17,26)20(18)8-9-24(19,21)3/h13-14,17-21,30H,4-12,15H2,1-3H3/t17-,18-,19-,20-,21+,23+,24-,25+/m0/s1. The quantitative estimate of drug-likeness (QED) is 0.765. The number of aryl methyl sites for hydroxylation is 1. The molecule has 0 saturated heterocycles. The molecule has 1 aromatic rings. The number of alkyl halides is 1. The van der Waals surface area contributed by atoms with Gasteiger partial charge in [-0.1, -0.05) is 6.92 Å². The second-order valence-corrected chi connectivity index (χ2v) is 11.6. The lowest BCUT2D eigenvalue weighted by molar-refractivity contribution is -0.166. The molecule has 1 heterocycles. The number of aromatic nitrogens is 2. The van der Waals surface area contributed by atoms with Crippen molar-refractivity contribution in [2.75, 3.05) is 0 Å². The zero-order chi connectivity index (χ0) is 21.3. The molecule has 4 aliphatic carbocycles. The van der Waals surface area contributed by atoms with E-state index in [-0.39, 0.29) is 23.2 Å². The van der Waals surface area contributed by atoms with Gasteiger partial charge in [0, 0.05) is 12.1 Å². The normalized spacial score (nSPS) is 48.0. The average molecular weight is 417 g/mol. The van der Waals surface area contributed by atoms with Gasteiger partial charge < -0.3 is 5.11 Å². The number of ketones is 1. The lowest BCUT2D eigenvalue weighted by atomic mass is 9.48. The third-order valence-electron chi connectivity index (χ3n) is 9.78. The fourth-order valence-corrected chi connectivity index (χ4v) is 8.33. The molecule has 0 spiro atoms. The van der Waals surface area contributed by atoms with Crippen LogP contribution in [0.15, 0.2) is 12.4 Å². The van der Waals surface area contributed by atoms with Gasteiger partial charge in [0.15, 0.2) is 5.78 Å². The van der Waals surface area contributed by atoms with Crippen LogP contribution in [0.1, 0.15) is 77.2 Å². The van der Waals surface area contributed by atoms with Gasteiger partial charge in [0.25, 0.3) is 0 Å². The van der Waals surface area contributed by atoms with Gasteiger partial charge in [-0.15, -0.1) is 0 Å². The molecule has 5 heteroatoms. The highest BCUT2D eigenvalue weighted by atomic mass is 19.1. The van der Waals surface area contributed by atoms with Crippen LogP contribution in [0, 0.1) is 41.9 Å². The Morgan fingerprint density at radius 1 is 1.17 bits per heavy atom. The van der Waals surface area contributed by atoms with Crippen LogP contribution < -0.4 is 0 Å². The van der Waals surface area contributed by atoms with Gasteiger partial charge in [0.2, 0.25) is 0 Å². The molecule has 1 aromatic heterocycles. The molecule has 8 atom stereocenters. The first-order chi connectivity index (χ1) is 14.1. The van der Waals surface area contributed by atoms with Gasteiger partial charge in [-0.2, -0.15) is 5.10 Å². The molecule has 0 unspecified atom stereocenters. The van der Waals surface area contributed by atoms with Crippen LogP contribution in [0.3, 0.4) is 0 Å². The van der Waals surface area contributed by atoms with E-state index in [4.69, 9.17) is 0 Å². The molecule has 4 aliphatic rings. The lowest BCUT2D eigenvalue weighted by Gasteiger charge is -2.59. The molecule has 0 aliphatic heterocycles. The number of nitrogens with zero attached hydrogens (tertiary/aromatic N) is 2. The second-order valence-electron chi connectivity index (χ2n) is 11.6. The number of rotatable bonds is 3. The van der Waals surface area contributed by atoms with E-state index in [0.29, 0.717) is 43.4 Å². The van der Waals surface area contributed by atoms with E-state index in [1.165, 1.54) is 0 Å². The minimum Gasteiger partial charge on any atom is -0.390 e. The average Bonchev–Trinajstić information content (AvgIpc) is 3.24. The van der Waals surface area contributed by atoms with Crippen molar-refractivity contribution in [2.45, 2.75) is 96.4 Å². The van der Waals surface area contributed by atoms with E-state index < -0.39 is 11.3 Å². The summed E-state index contributed by atoms with van der Waals surface area (Å²) in [6, 6.07) is 0. The predicted molar refractivity (Wildman–Crippen MR) is 114 cm³/mol. The van der Waals surface area contributed by atoms with Gasteiger partial charge in [0.1, 0.15) is 5.67 Å². The van der Waals surface area contributed by atoms with Crippen molar-refractivity contribution in [3.8, 4) is 0 Å². The van der Waals surface area contributed by atoms with E-state index in [9.17, 15) is 9.90 Å². The maximum atomic E-state index is 16.4. The molecular weight excluding hydrogens is 379 g/mol. The molecule has 0 aromatic carbocycles. The summed E-state index contributed by atoms with van der Waals surface area (Å²) in [5, 5.41) is 14.8. The van der Waals surface area contributed by atoms with Crippen molar-refractivity contribution in [2.24, 2.45) is 35.0 Å². The van der Waals surface area contributed by atoms with Gasteiger partial charge in [-0.3, -0.25) is 9.48 Å². The topological polar surface area (TPSA) is 55.1 Å². The van der Waals surface area contributed by atoms with Gasteiger partial charge in [0.05, 0.1) is 18.3 Å². The maximum absolute atomic E-state index is 16.4. The van der Waals surface area contributed by atoms with E-state index in [0.717, 1.165) is 44.1 Å². The van der Waals surface area contributed by atoms with Gasteiger partial charge in [-0.05, 0) is 106 Å². The lowest BCUT2D eigenvalue weighted by Crippen LogP contribution is -2.58. The first-order valence-electron chi connectivity index (χ1n) is 12.1. The second kappa shape index (κ2) is 6.88. The summed E-state index contributed by atoms with van der Waals surface area (Å²) in [6.07, 6.45) is 11.3. The Balaban J connectivity index is 1.34. The number of hydrogen-bond acceptors (Lipinski definition) is 3. The van der Waals surface area contributed by atoms with Crippen molar-refractivity contribution < 1.29 is 14.3 Å². The molecule has 4 saturated carbocycles. The number of fused-ring (bicyclic) bond motifs is 5. The Labute approximate surface area is 179 Å². The Kier molecular flexibility index (Phi) is 4.74. The molecule has 1 N–H and O–H groups in total. The minimum absolute atomic E-state index is 0.00377. The molecule has 4 fully saturated rings. The van der Waals surface area contributed by atoms with Crippen molar-refractivity contribution in [1.29, 1.82) is 0 Å². The summed E-state index contributed by atoms with van der Waals surface area (Å²) in [5.74, 6) is 1.37. The molecule has 0 bridgehead atoms. The Morgan fingerprint density at radius 2 is 1.97 bits per heavy atom. The van der Waals surface area contributed by atoms with Crippen LogP contribution in [0.25, 0.3) is 0 Å². The third kappa shape index (κ3) is 3.10. The number of carbonyl (C=O) groups is 1. The molecule has 0 radical (unpaired) electrons. The van der Waals surface area contributed by atoms with Crippen LogP contribution in [-0.2, 0) is 11.3 Å². The van der Waals surface area contributed by atoms with Crippen LogP contribution in [0.5, 0.6) is 0 Å². The summed E-state index contributed by atoms with van der Waals surface area (Å²) in [6.45, 7) is 6.56. The van der Waals surface area contributed by atoms with Crippen LogP contribution in [0.4, 0.5) is 4.39 Å². The minimum atomic E-state index is -1.11. The predicted octanol–water partition coefficient (Wildman–Crippen LogP) is 4.87. The summed E-state index contributed by atoms with van der Waals surface area (Å²) in [7, 11) is 0. The van der Waals surface area contributed by atoms with E-state index in [1.54, 1.807) is 10.9 Å². The molecule has 166 valence electrons. The summed E-state index contributed by atoms with van der Waals surface area (Å²) in [4.78, 5) is 13.2. The van der Waals surface area contributed by atoms with Crippen LogP contribution in [-0.4, -0.2) is 31.9 Å². The van der Waals surface area contributed by atoms with Crippen LogP contribution in [0.2, 0.25) is 0 Å². The number of halogens is 1. The summed E-state index contributed by atoms with van der Waals surface area (Å²) in [5.41, 5.74) is -0.730. The zero-order valence-corrected chi connectivity index (χ0v) is 18.7. The van der Waals surface area contributed by atoms with Gasteiger partial charge >= 0.3 is 0 Å². The maximum Gasteiger partial charge on any atom is 0.157 e. The van der Waals surface area contributed by atoms with Crippen molar-refractivity contribution >= 4 is 5.78 Å². The molecule has 4 nitrogen and oxygen atoms in total. The summed E-state index contributed by atoms with van der Waals surface area (Å²) < 4.78 is 18.2. The Hall–Kier alpha value is -1.23. The first kappa shape index (κ1) is 20.7. The Morgan fingerprint density at radius 3 is 2.70 bits per heavy atom. The van der Waals surface area contributed by atoms with E-state index in [2.05, 4.69) is 12.0 Å². The number of carbonyl (C=O) groups excluding carboxylic acids is 1. The van der Waals surface area contributed by atoms with Crippen molar-refractivity contribution in [3.05, 3.63) is 18.0 Å². The fourth-order valence-electron chi connectivity index (χ4n) is 8.33. The van der Waals surface area contributed by atoms with Crippen molar-refractivity contribution in [1.82, 2.24) is 9.78 Å². The number of aliphatic hydroxyl groups is 1. The Bertz CT molecular complexity index is 835. The monoisotopic (exact) mass is 416 g/mol. The highest BCUT2D eigenvalue weighted by Crippen LogP contribution is 2.66. The first-order valence-corrected chi connectivity index (χ1v) is 12.1. The molecule has 30 heavy (non-hydrogen) atoms. The molecule has 5 rings (SSSR count). The van der Waals surface area contributed by atoms with E-state index in [1.807, 2.05) is 20.0 Å². The van der Waals surface area contributed by atoms with Crippen molar-refractivity contribution in [3.63, 3.8) is 0 Å². The number of hydrogen-bond donors (Lipinski definition) is 1. The smallest absolute Gasteiger partial charge is 0.157 e. The fraction of sp³-hybridized carbons (Fsp3) is 0.840. The highest BCUT2D eigenvalue weighted by molar-refractivity contribution is 5.82. The summed E-state index contributed by atoms with van der Waals surface area (Å²) >= 11 is 0. The molecule has 0 amide bonds. The zero-order valence-electron chi connectivity index (χ0n) is 18.7.